The Kier molecular flexibility index (Phi) is 3.67. The number of fused-ring (bicyclic) bond motifs is 1. The first kappa shape index (κ1) is 13.9. The third kappa shape index (κ3) is 2.55. The molecule has 0 aliphatic carbocycles. The summed E-state index contributed by atoms with van der Waals surface area (Å²) >= 11 is 3.98. The average Bonchev–Trinajstić information content (AvgIpc) is 3.19. The highest BCUT2D eigenvalue weighted by Gasteiger charge is 2.18. The number of aryl methyl sites for hydroxylation is 1. The molecule has 0 radical (unpaired) electrons. The lowest BCUT2D eigenvalue weighted by Crippen LogP contribution is -1.91. The molecule has 1 saturated heterocycles. The second-order valence-electron chi connectivity index (χ2n) is 4.87. The van der Waals surface area contributed by atoms with Crippen LogP contribution in [0.25, 0.3) is 11.1 Å². The van der Waals surface area contributed by atoms with E-state index < -0.39 is 0 Å². The summed E-state index contributed by atoms with van der Waals surface area (Å²) in [4.78, 5) is 8.24. The quantitative estimate of drug-likeness (QED) is 0.713. The average molecular weight is 331 g/mol. The molecule has 5 nitrogen and oxygen atoms in total. The zero-order chi connectivity index (χ0) is 14.9. The molecule has 0 amide bonds. The molecule has 22 heavy (non-hydrogen) atoms. The number of ether oxygens (including phenoxy) is 1. The number of thioether (sulfide) groups is 2. The lowest BCUT2D eigenvalue weighted by molar-refractivity contribution is 0.440. The highest BCUT2D eigenvalue weighted by Crippen LogP contribution is 2.45. The van der Waals surface area contributed by atoms with Gasteiger partial charge < -0.3 is 9.26 Å². The first-order valence-electron chi connectivity index (χ1n) is 6.89. The monoisotopic (exact) mass is 331 g/mol. The second-order valence-corrected chi connectivity index (χ2v) is 7.60. The normalized spacial score (nSPS) is 15.5. The minimum absolute atomic E-state index is 0.442. The maximum absolute atomic E-state index is 5.88. The van der Waals surface area contributed by atoms with Gasteiger partial charge in [-0.15, -0.1) is 23.5 Å². The Morgan fingerprint density at radius 3 is 2.68 bits per heavy atom. The Morgan fingerprint density at radius 1 is 1.14 bits per heavy atom. The zero-order valence-electron chi connectivity index (χ0n) is 11.9. The molecule has 3 heterocycles. The van der Waals surface area contributed by atoms with Gasteiger partial charge in [-0.2, -0.15) is 4.98 Å². The zero-order valence-corrected chi connectivity index (χ0v) is 13.5. The van der Waals surface area contributed by atoms with Gasteiger partial charge in [0.15, 0.2) is 0 Å². The van der Waals surface area contributed by atoms with Gasteiger partial charge in [-0.05, 0) is 24.6 Å². The van der Waals surface area contributed by atoms with E-state index in [1.807, 2.05) is 42.6 Å². The van der Waals surface area contributed by atoms with Gasteiger partial charge in [0.1, 0.15) is 17.5 Å². The molecule has 2 aromatic heterocycles. The van der Waals surface area contributed by atoms with Crippen LogP contribution in [0.1, 0.15) is 15.8 Å². The number of aromatic nitrogens is 3. The lowest BCUT2D eigenvalue weighted by Gasteiger charge is -2.10. The van der Waals surface area contributed by atoms with Gasteiger partial charge in [-0.25, -0.2) is 4.98 Å². The molecular formula is C15H13N3O2S2. The summed E-state index contributed by atoms with van der Waals surface area (Å²) in [6.45, 7) is 1.85. The van der Waals surface area contributed by atoms with Crippen LogP contribution in [0.15, 0.2) is 35.1 Å². The van der Waals surface area contributed by atoms with Crippen molar-refractivity contribution in [3.8, 4) is 11.6 Å². The Balaban J connectivity index is 1.61. The van der Waals surface area contributed by atoms with Crippen LogP contribution in [-0.4, -0.2) is 26.6 Å². The van der Waals surface area contributed by atoms with E-state index in [-0.39, 0.29) is 0 Å². The smallest absolute Gasteiger partial charge is 0.264 e. The fraction of sp³-hybridized carbons (Fsp3) is 0.267. The van der Waals surface area contributed by atoms with Crippen LogP contribution in [0.3, 0.4) is 0 Å². The topological polar surface area (TPSA) is 61.0 Å². The predicted molar refractivity (Wildman–Crippen MR) is 88.5 cm³/mol. The van der Waals surface area contributed by atoms with Crippen molar-refractivity contribution in [1.29, 1.82) is 0 Å². The van der Waals surface area contributed by atoms with Crippen molar-refractivity contribution in [2.24, 2.45) is 0 Å². The standard InChI is InChI=1S/C15H13N3O2S2/c1-9-12-13(16-8-17-14(12)20-18-9)19-11-4-2-10(3-5-11)15-21-6-7-22-15/h2-5,8,15H,6-7H2,1H3. The number of benzene rings is 1. The molecule has 0 atom stereocenters. The van der Waals surface area contributed by atoms with E-state index in [0.29, 0.717) is 21.6 Å². The van der Waals surface area contributed by atoms with E-state index in [2.05, 4.69) is 27.3 Å². The van der Waals surface area contributed by atoms with Crippen LogP contribution < -0.4 is 4.74 Å². The fourth-order valence-corrected chi connectivity index (χ4v) is 5.18. The van der Waals surface area contributed by atoms with Crippen LogP contribution in [0, 0.1) is 6.92 Å². The van der Waals surface area contributed by atoms with Gasteiger partial charge in [-0.1, -0.05) is 17.3 Å². The van der Waals surface area contributed by atoms with Gasteiger partial charge in [0, 0.05) is 11.5 Å². The van der Waals surface area contributed by atoms with Crippen molar-refractivity contribution in [3.63, 3.8) is 0 Å². The van der Waals surface area contributed by atoms with Crippen LogP contribution in [0.2, 0.25) is 0 Å². The number of rotatable bonds is 3. The SMILES string of the molecule is Cc1noc2ncnc(Oc3ccc(C4SCCS4)cc3)c12. The molecule has 3 aromatic rings. The Morgan fingerprint density at radius 2 is 1.91 bits per heavy atom. The molecule has 0 spiro atoms. The van der Waals surface area contributed by atoms with Crippen molar-refractivity contribution in [3.05, 3.63) is 41.9 Å². The molecule has 0 unspecified atom stereocenters. The molecule has 7 heteroatoms. The molecule has 4 rings (SSSR count). The van der Waals surface area contributed by atoms with Gasteiger partial charge in [0.25, 0.3) is 5.71 Å². The largest absolute Gasteiger partial charge is 0.438 e. The van der Waals surface area contributed by atoms with Crippen LogP contribution in [0.4, 0.5) is 0 Å². The summed E-state index contributed by atoms with van der Waals surface area (Å²) in [5.41, 5.74) is 2.49. The van der Waals surface area contributed by atoms with E-state index >= 15 is 0 Å². The van der Waals surface area contributed by atoms with Crippen molar-refractivity contribution >= 4 is 34.6 Å². The lowest BCUT2D eigenvalue weighted by atomic mass is 10.2. The van der Waals surface area contributed by atoms with E-state index in [4.69, 9.17) is 9.26 Å². The second kappa shape index (κ2) is 5.81. The molecule has 1 aliphatic rings. The van der Waals surface area contributed by atoms with Crippen molar-refractivity contribution in [1.82, 2.24) is 15.1 Å². The van der Waals surface area contributed by atoms with E-state index in [9.17, 15) is 0 Å². The highest BCUT2D eigenvalue weighted by molar-refractivity contribution is 8.19. The summed E-state index contributed by atoms with van der Waals surface area (Å²) in [5, 5.41) is 4.62. The van der Waals surface area contributed by atoms with Crippen molar-refractivity contribution in [2.75, 3.05) is 11.5 Å². The molecule has 0 bridgehead atoms. The van der Waals surface area contributed by atoms with Gasteiger partial charge in [0.05, 0.1) is 10.3 Å². The van der Waals surface area contributed by atoms with Crippen LogP contribution in [-0.2, 0) is 0 Å². The number of nitrogens with zero attached hydrogens (tertiary/aromatic N) is 3. The van der Waals surface area contributed by atoms with Gasteiger partial charge in [0.2, 0.25) is 5.88 Å². The maximum Gasteiger partial charge on any atom is 0.264 e. The van der Waals surface area contributed by atoms with E-state index in [1.165, 1.54) is 23.4 Å². The summed E-state index contributed by atoms with van der Waals surface area (Å²) in [6, 6.07) is 8.19. The molecule has 0 N–H and O–H groups in total. The first-order chi connectivity index (χ1) is 10.8. The fourth-order valence-electron chi connectivity index (χ4n) is 2.32. The summed E-state index contributed by atoms with van der Waals surface area (Å²) in [6.07, 6.45) is 1.42. The minimum atomic E-state index is 0.442. The van der Waals surface area contributed by atoms with E-state index in [1.54, 1.807) is 0 Å². The van der Waals surface area contributed by atoms with E-state index in [0.717, 1.165) is 11.4 Å². The number of hydrogen-bond acceptors (Lipinski definition) is 7. The first-order valence-corrected chi connectivity index (χ1v) is 8.99. The molecule has 112 valence electrons. The molecular weight excluding hydrogens is 318 g/mol. The third-order valence-electron chi connectivity index (χ3n) is 3.40. The van der Waals surface area contributed by atoms with Crippen molar-refractivity contribution in [2.45, 2.75) is 11.5 Å². The highest BCUT2D eigenvalue weighted by atomic mass is 32.2. The van der Waals surface area contributed by atoms with Crippen LogP contribution >= 0.6 is 23.5 Å². The van der Waals surface area contributed by atoms with Gasteiger partial charge in [-0.3, -0.25) is 0 Å². The number of hydrogen-bond donors (Lipinski definition) is 0. The molecule has 0 saturated carbocycles. The predicted octanol–water partition coefficient (Wildman–Crippen LogP) is 4.20. The Bertz CT molecular complexity index is 798. The van der Waals surface area contributed by atoms with Gasteiger partial charge >= 0.3 is 0 Å². The minimum Gasteiger partial charge on any atom is -0.438 e. The molecule has 1 aromatic carbocycles. The molecule has 1 fully saturated rings. The summed E-state index contributed by atoms with van der Waals surface area (Å²) in [5.74, 6) is 3.66. The Labute approximate surface area is 135 Å². The maximum atomic E-state index is 5.88. The summed E-state index contributed by atoms with van der Waals surface area (Å²) in [7, 11) is 0. The van der Waals surface area contributed by atoms with Crippen molar-refractivity contribution < 1.29 is 9.26 Å². The molecule has 1 aliphatic heterocycles. The van der Waals surface area contributed by atoms with Crippen LogP contribution in [0.5, 0.6) is 11.6 Å². The third-order valence-corrected chi connectivity index (χ3v) is 6.50. The Hall–Kier alpha value is -1.73. The summed E-state index contributed by atoms with van der Waals surface area (Å²) < 4.78 is 11.6.